The molecule has 5 rings (SSSR count). The maximum absolute atomic E-state index is 4.54. The zero-order valence-electron chi connectivity index (χ0n) is 15.1. The highest BCUT2D eigenvalue weighted by Gasteiger charge is 2.19. The maximum atomic E-state index is 4.54. The molecule has 0 aliphatic heterocycles. The van der Waals surface area contributed by atoms with Crippen LogP contribution in [-0.2, 0) is 25.9 Å². The molecular weight excluding hydrogens is 354 g/mol. The molecule has 1 aliphatic carbocycles. The van der Waals surface area contributed by atoms with Gasteiger partial charge in [0, 0.05) is 30.4 Å². The lowest BCUT2D eigenvalue weighted by Gasteiger charge is -2.12. The molecule has 1 aliphatic rings. The largest absolute Gasteiger partial charge is 0.365 e. The van der Waals surface area contributed by atoms with Gasteiger partial charge in [0.1, 0.15) is 17.0 Å². The van der Waals surface area contributed by atoms with Crippen LogP contribution in [0.15, 0.2) is 49.3 Å². The zero-order valence-corrected chi connectivity index (χ0v) is 15.9. The molecule has 0 unspecified atom stereocenters. The van der Waals surface area contributed by atoms with Gasteiger partial charge < -0.3 is 9.88 Å². The van der Waals surface area contributed by atoms with E-state index in [1.807, 2.05) is 30.1 Å². The average molecular weight is 376 g/mol. The number of rotatable bonds is 5. The summed E-state index contributed by atoms with van der Waals surface area (Å²) in [7, 11) is 0. The Bertz CT molecular complexity index is 1050. The van der Waals surface area contributed by atoms with E-state index in [1.54, 1.807) is 6.33 Å². The van der Waals surface area contributed by atoms with Gasteiger partial charge in [-0.05, 0) is 42.4 Å². The van der Waals surface area contributed by atoms with Crippen molar-refractivity contribution >= 4 is 27.4 Å². The van der Waals surface area contributed by atoms with Gasteiger partial charge in [-0.3, -0.25) is 0 Å². The number of aryl methyl sites for hydroxylation is 2. The third-order valence-corrected chi connectivity index (χ3v) is 6.36. The van der Waals surface area contributed by atoms with Crippen LogP contribution in [0.2, 0.25) is 0 Å². The van der Waals surface area contributed by atoms with Crippen LogP contribution in [0, 0.1) is 0 Å². The molecule has 0 bridgehead atoms. The topological polar surface area (TPSA) is 55.6 Å². The van der Waals surface area contributed by atoms with Gasteiger partial charge in [0.05, 0.1) is 11.7 Å². The van der Waals surface area contributed by atoms with Crippen molar-refractivity contribution in [3.8, 4) is 0 Å². The molecule has 0 spiro atoms. The SMILES string of the molecule is c1cn(Cc2ccc(CNc3ncnc4sc5c(c34)CCCC5)cc2)cn1. The first kappa shape index (κ1) is 16.4. The summed E-state index contributed by atoms with van der Waals surface area (Å²) in [5, 5.41) is 4.79. The number of benzene rings is 1. The monoisotopic (exact) mass is 375 g/mol. The minimum Gasteiger partial charge on any atom is -0.365 e. The first-order chi connectivity index (χ1) is 13.4. The number of anilines is 1. The number of thiophene rings is 1. The molecule has 0 radical (unpaired) electrons. The van der Waals surface area contributed by atoms with Crippen LogP contribution in [0.3, 0.4) is 0 Å². The molecule has 3 aromatic heterocycles. The number of aromatic nitrogens is 4. The van der Waals surface area contributed by atoms with E-state index in [-0.39, 0.29) is 0 Å². The van der Waals surface area contributed by atoms with Crippen molar-refractivity contribution in [3.63, 3.8) is 0 Å². The first-order valence-corrected chi connectivity index (χ1v) is 10.2. The first-order valence-electron chi connectivity index (χ1n) is 9.39. The molecule has 0 fully saturated rings. The molecule has 4 aromatic rings. The van der Waals surface area contributed by atoms with E-state index < -0.39 is 0 Å². The van der Waals surface area contributed by atoms with Crippen LogP contribution in [-0.4, -0.2) is 19.5 Å². The standard InChI is InChI=1S/C21H21N5S/c1-2-4-18-17(3-1)19-20(24-13-25-21(19)27-18)23-11-15-5-7-16(8-6-15)12-26-10-9-22-14-26/h5-10,13-14H,1-4,11-12H2,(H,23,24,25). The second-order valence-electron chi connectivity index (χ2n) is 7.02. The molecular formula is C21H21N5S. The summed E-state index contributed by atoms with van der Waals surface area (Å²) in [6.07, 6.45) is 12.2. The quantitative estimate of drug-likeness (QED) is 0.561. The molecule has 136 valence electrons. The molecule has 27 heavy (non-hydrogen) atoms. The number of nitrogens with zero attached hydrogens (tertiary/aromatic N) is 4. The van der Waals surface area contributed by atoms with Crippen LogP contribution in [0.4, 0.5) is 5.82 Å². The fourth-order valence-corrected chi connectivity index (χ4v) is 4.99. The molecule has 5 nitrogen and oxygen atoms in total. The molecule has 3 heterocycles. The second-order valence-corrected chi connectivity index (χ2v) is 8.10. The lowest BCUT2D eigenvalue weighted by atomic mass is 9.97. The Morgan fingerprint density at radius 2 is 1.89 bits per heavy atom. The number of hydrogen-bond donors (Lipinski definition) is 1. The molecule has 0 amide bonds. The normalized spacial score (nSPS) is 13.6. The van der Waals surface area contributed by atoms with Crippen molar-refractivity contribution in [2.75, 3.05) is 5.32 Å². The average Bonchev–Trinajstić information content (AvgIpc) is 3.35. The summed E-state index contributed by atoms with van der Waals surface area (Å²) in [6.45, 7) is 1.61. The van der Waals surface area contributed by atoms with Crippen molar-refractivity contribution in [2.45, 2.75) is 38.8 Å². The molecule has 6 heteroatoms. The highest BCUT2D eigenvalue weighted by molar-refractivity contribution is 7.19. The Kier molecular flexibility index (Phi) is 4.33. The Morgan fingerprint density at radius 3 is 2.74 bits per heavy atom. The van der Waals surface area contributed by atoms with Crippen LogP contribution >= 0.6 is 11.3 Å². The third-order valence-electron chi connectivity index (χ3n) is 5.16. The van der Waals surface area contributed by atoms with Gasteiger partial charge in [0.25, 0.3) is 0 Å². The highest BCUT2D eigenvalue weighted by Crippen LogP contribution is 2.38. The smallest absolute Gasteiger partial charge is 0.138 e. The molecule has 1 N–H and O–H groups in total. The lowest BCUT2D eigenvalue weighted by molar-refractivity contribution is 0.700. The summed E-state index contributed by atoms with van der Waals surface area (Å²) in [6, 6.07) is 8.72. The van der Waals surface area contributed by atoms with Crippen LogP contribution in [0.5, 0.6) is 0 Å². The van der Waals surface area contributed by atoms with E-state index in [9.17, 15) is 0 Å². The fraction of sp³-hybridized carbons (Fsp3) is 0.286. The molecule has 0 saturated heterocycles. The number of imidazole rings is 1. The Hall–Kier alpha value is -2.73. The van der Waals surface area contributed by atoms with E-state index >= 15 is 0 Å². The van der Waals surface area contributed by atoms with Crippen molar-refractivity contribution in [2.24, 2.45) is 0 Å². The minimum absolute atomic E-state index is 0.766. The molecule has 0 atom stereocenters. The highest BCUT2D eigenvalue weighted by atomic mass is 32.1. The second kappa shape index (κ2) is 7.12. The van der Waals surface area contributed by atoms with Crippen molar-refractivity contribution in [1.29, 1.82) is 0 Å². The van der Waals surface area contributed by atoms with E-state index in [0.717, 1.165) is 30.2 Å². The van der Waals surface area contributed by atoms with Crippen LogP contribution < -0.4 is 5.32 Å². The van der Waals surface area contributed by atoms with Gasteiger partial charge in [0.15, 0.2) is 0 Å². The lowest BCUT2D eigenvalue weighted by Crippen LogP contribution is -2.04. The molecule has 1 aromatic carbocycles. The number of nitrogens with one attached hydrogen (secondary N) is 1. The summed E-state index contributed by atoms with van der Waals surface area (Å²) < 4.78 is 2.07. The van der Waals surface area contributed by atoms with Crippen LogP contribution in [0.25, 0.3) is 10.2 Å². The Morgan fingerprint density at radius 1 is 1.04 bits per heavy atom. The number of fused-ring (bicyclic) bond motifs is 3. The van der Waals surface area contributed by atoms with Gasteiger partial charge >= 0.3 is 0 Å². The fourth-order valence-electron chi connectivity index (χ4n) is 3.76. The van der Waals surface area contributed by atoms with E-state index in [2.05, 4.69) is 49.1 Å². The van der Waals surface area contributed by atoms with Gasteiger partial charge in [-0.2, -0.15) is 0 Å². The van der Waals surface area contributed by atoms with Crippen molar-refractivity contribution in [1.82, 2.24) is 19.5 Å². The number of hydrogen-bond acceptors (Lipinski definition) is 5. The summed E-state index contributed by atoms with van der Waals surface area (Å²) in [5.41, 5.74) is 3.99. The van der Waals surface area contributed by atoms with Gasteiger partial charge in [0.2, 0.25) is 0 Å². The van der Waals surface area contributed by atoms with Gasteiger partial charge in [-0.25, -0.2) is 15.0 Å². The Labute approximate surface area is 162 Å². The predicted molar refractivity (Wildman–Crippen MR) is 109 cm³/mol. The van der Waals surface area contributed by atoms with E-state index in [0.29, 0.717) is 0 Å². The van der Waals surface area contributed by atoms with Gasteiger partial charge in [-0.1, -0.05) is 24.3 Å². The zero-order chi connectivity index (χ0) is 18.1. The van der Waals surface area contributed by atoms with Crippen LogP contribution in [0.1, 0.15) is 34.4 Å². The maximum Gasteiger partial charge on any atom is 0.138 e. The summed E-state index contributed by atoms with van der Waals surface area (Å²) >= 11 is 1.84. The molecule has 0 saturated carbocycles. The van der Waals surface area contributed by atoms with E-state index in [4.69, 9.17) is 0 Å². The van der Waals surface area contributed by atoms with Crippen molar-refractivity contribution < 1.29 is 0 Å². The Balaban J connectivity index is 1.33. The minimum atomic E-state index is 0.766. The van der Waals surface area contributed by atoms with Crippen molar-refractivity contribution in [3.05, 3.63) is 70.9 Å². The van der Waals surface area contributed by atoms with E-state index in [1.165, 1.54) is 46.2 Å². The summed E-state index contributed by atoms with van der Waals surface area (Å²) in [4.78, 5) is 15.8. The third kappa shape index (κ3) is 3.32. The summed E-state index contributed by atoms with van der Waals surface area (Å²) in [5.74, 6) is 0.974. The predicted octanol–water partition coefficient (Wildman–Crippen LogP) is 4.43. The van der Waals surface area contributed by atoms with Gasteiger partial charge in [-0.15, -0.1) is 11.3 Å².